The first-order valence-electron chi connectivity index (χ1n) is 8.59. The first-order valence-corrected chi connectivity index (χ1v) is 8.59. The van der Waals surface area contributed by atoms with Crippen molar-refractivity contribution in [2.45, 2.75) is 54.4 Å². The molecular formula is C18H32O6. The van der Waals surface area contributed by atoms with Crippen LogP contribution in [0.15, 0.2) is 0 Å². The van der Waals surface area contributed by atoms with Gasteiger partial charge in [0.15, 0.2) is 0 Å². The van der Waals surface area contributed by atoms with Crippen LogP contribution in [0.4, 0.5) is 0 Å². The summed E-state index contributed by atoms with van der Waals surface area (Å²) in [5.74, 6) is -1.86. The second kappa shape index (κ2) is 11.9. The average Bonchev–Trinajstić information content (AvgIpc) is 2.47. The van der Waals surface area contributed by atoms with Crippen LogP contribution < -0.4 is 0 Å². The summed E-state index contributed by atoms with van der Waals surface area (Å²) >= 11 is 0. The molecule has 0 amide bonds. The van der Waals surface area contributed by atoms with Crippen LogP contribution in [0, 0.1) is 23.7 Å². The maximum absolute atomic E-state index is 12.2. The molecule has 140 valence electrons. The minimum absolute atomic E-state index is 0.176. The van der Waals surface area contributed by atoms with Crippen molar-refractivity contribution in [1.29, 1.82) is 0 Å². The molecule has 0 aromatic rings. The highest BCUT2D eigenvalue weighted by Gasteiger charge is 2.28. The summed E-state index contributed by atoms with van der Waals surface area (Å²) < 4.78 is 15.3. The number of carbonyl (C=O) groups excluding carboxylic acids is 3. The van der Waals surface area contributed by atoms with E-state index in [2.05, 4.69) is 0 Å². The van der Waals surface area contributed by atoms with Crippen molar-refractivity contribution in [3.8, 4) is 0 Å². The summed E-state index contributed by atoms with van der Waals surface area (Å²) in [7, 11) is 0. The fourth-order valence-electron chi connectivity index (χ4n) is 1.64. The molecule has 0 atom stereocenters. The van der Waals surface area contributed by atoms with Crippen LogP contribution in [-0.4, -0.2) is 37.7 Å². The van der Waals surface area contributed by atoms with Gasteiger partial charge in [-0.15, -0.1) is 0 Å². The zero-order chi connectivity index (χ0) is 18.7. The van der Waals surface area contributed by atoms with Crippen LogP contribution in [0.3, 0.4) is 0 Å². The summed E-state index contributed by atoms with van der Waals surface area (Å²) in [5, 5.41) is 0. The molecule has 0 saturated carbocycles. The van der Waals surface area contributed by atoms with Crippen LogP contribution in [-0.2, 0) is 28.6 Å². The number of hydrogen-bond donors (Lipinski definition) is 0. The molecule has 0 aliphatic carbocycles. The van der Waals surface area contributed by atoms with E-state index in [1.54, 1.807) is 0 Å². The third kappa shape index (κ3) is 11.9. The van der Waals surface area contributed by atoms with Crippen molar-refractivity contribution in [2.24, 2.45) is 23.7 Å². The third-order valence-corrected chi connectivity index (χ3v) is 2.87. The SMILES string of the molecule is CC(C)COC(=O)CC(CC(=O)OCC(C)C)C(=O)OCC(C)C. The van der Waals surface area contributed by atoms with Gasteiger partial charge in [-0.2, -0.15) is 0 Å². The zero-order valence-corrected chi connectivity index (χ0v) is 15.8. The number of carbonyl (C=O) groups is 3. The molecule has 0 unspecified atom stereocenters. The van der Waals surface area contributed by atoms with Crippen LogP contribution >= 0.6 is 0 Å². The van der Waals surface area contributed by atoms with E-state index in [1.807, 2.05) is 41.5 Å². The van der Waals surface area contributed by atoms with Crippen molar-refractivity contribution in [1.82, 2.24) is 0 Å². The number of ether oxygens (including phenoxy) is 3. The fourth-order valence-corrected chi connectivity index (χ4v) is 1.64. The fraction of sp³-hybridized carbons (Fsp3) is 0.833. The molecular weight excluding hydrogens is 312 g/mol. The molecule has 0 aromatic heterocycles. The molecule has 0 heterocycles. The maximum Gasteiger partial charge on any atom is 0.310 e. The standard InChI is InChI=1S/C18H32O6/c1-12(2)9-22-16(19)7-15(18(21)24-11-14(5)6)8-17(20)23-10-13(3)4/h12-15H,7-11H2,1-6H3. The van der Waals surface area contributed by atoms with Gasteiger partial charge in [-0.3, -0.25) is 14.4 Å². The Labute approximate surface area is 145 Å². The second-order valence-corrected chi connectivity index (χ2v) is 7.28. The molecule has 24 heavy (non-hydrogen) atoms. The molecule has 0 radical (unpaired) electrons. The second-order valence-electron chi connectivity index (χ2n) is 7.28. The van der Waals surface area contributed by atoms with E-state index in [0.717, 1.165) is 0 Å². The molecule has 0 fully saturated rings. The minimum Gasteiger partial charge on any atom is -0.465 e. The van der Waals surface area contributed by atoms with E-state index in [0.29, 0.717) is 0 Å². The quantitative estimate of drug-likeness (QED) is 0.423. The van der Waals surface area contributed by atoms with Gasteiger partial charge in [0.2, 0.25) is 0 Å². The average molecular weight is 344 g/mol. The van der Waals surface area contributed by atoms with Gasteiger partial charge in [0.25, 0.3) is 0 Å². The first-order chi connectivity index (χ1) is 11.1. The van der Waals surface area contributed by atoms with Crippen LogP contribution in [0.1, 0.15) is 54.4 Å². The lowest BCUT2D eigenvalue weighted by atomic mass is 10.0. The minimum atomic E-state index is -0.872. The van der Waals surface area contributed by atoms with Crippen molar-refractivity contribution in [2.75, 3.05) is 19.8 Å². The largest absolute Gasteiger partial charge is 0.465 e. The third-order valence-electron chi connectivity index (χ3n) is 2.87. The van der Waals surface area contributed by atoms with Gasteiger partial charge in [0, 0.05) is 0 Å². The lowest BCUT2D eigenvalue weighted by Gasteiger charge is -2.17. The highest BCUT2D eigenvalue weighted by Crippen LogP contribution is 2.15. The lowest BCUT2D eigenvalue weighted by Crippen LogP contribution is -2.27. The molecule has 0 aliphatic rings. The van der Waals surface area contributed by atoms with Crippen LogP contribution in [0.2, 0.25) is 0 Å². The first kappa shape index (κ1) is 22.4. The molecule has 6 nitrogen and oxygen atoms in total. The highest BCUT2D eigenvalue weighted by molar-refractivity contribution is 5.84. The van der Waals surface area contributed by atoms with Gasteiger partial charge >= 0.3 is 17.9 Å². The van der Waals surface area contributed by atoms with E-state index >= 15 is 0 Å². The molecule has 0 aromatic carbocycles. The summed E-state index contributed by atoms with van der Waals surface area (Å²) in [6, 6.07) is 0. The van der Waals surface area contributed by atoms with Gasteiger partial charge < -0.3 is 14.2 Å². The van der Waals surface area contributed by atoms with E-state index < -0.39 is 23.8 Å². The maximum atomic E-state index is 12.2. The Bertz CT molecular complexity index is 374. The van der Waals surface area contributed by atoms with Crippen molar-refractivity contribution < 1.29 is 28.6 Å². The molecule has 6 heteroatoms. The van der Waals surface area contributed by atoms with Crippen molar-refractivity contribution >= 4 is 17.9 Å². The predicted molar refractivity (Wildman–Crippen MR) is 90.1 cm³/mol. The zero-order valence-electron chi connectivity index (χ0n) is 15.8. The summed E-state index contributed by atoms with van der Waals surface area (Å²) in [4.78, 5) is 35.9. The molecule has 0 saturated heterocycles. The summed E-state index contributed by atoms with van der Waals surface area (Å²) in [6.45, 7) is 12.3. The van der Waals surface area contributed by atoms with E-state index in [1.165, 1.54) is 0 Å². The predicted octanol–water partition coefficient (Wildman–Crippen LogP) is 2.98. The number of rotatable bonds is 11. The van der Waals surface area contributed by atoms with Crippen LogP contribution in [0.25, 0.3) is 0 Å². The Morgan fingerprint density at radius 1 is 0.625 bits per heavy atom. The van der Waals surface area contributed by atoms with Gasteiger partial charge in [-0.1, -0.05) is 41.5 Å². The van der Waals surface area contributed by atoms with Gasteiger partial charge in [-0.05, 0) is 17.8 Å². The molecule has 0 aliphatic heterocycles. The molecule has 0 N–H and O–H groups in total. The van der Waals surface area contributed by atoms with Gasteiger partial charge in [-0.25, -0.2) is 0 Å². The number of esters is 3. The normalized spacial score (nSPS) is 11.2. The van der Waals surface area contributed by atoms with E-state index in [4.69, 9.17) is 14.2 Å². The van der Waals surface area contributed by atoms with Crippen molar-refractivity contribution in [3.05, 3.63) is 0 Å². The van der Waals surface area contributed by atoms with Gasteiger partial charge in [0.05, 0.1) is 38.6 Å². The van der Waals surface area contributed by atoms with Crippen LogP contribution in [0.5, 0.6) is 0 Å². The molecule has 0 spiro atoms. The lowest BCUT2D eigenvalue weighted by molar-refractivity contribution is -0.160. The summed E-state index contributed by atoms with van der Waals surface area (Å²) in [5.41, 5.74) is 0. The number of hydrogen-bond acceptors (Lipinski definition) is 6. The monoisotopic (exact) mass is 344 g/mol. The Balaban J connectivity index is 4.66. The smallest absolute Gasteiger partial charge is 0.310 e. The Morgan fingerprint density at radius 3 is 1.29 bits per heavy atom. The van der Waals surface area contributed by atoms with E-state index in [9.17, 15) is 14.4 Å². The van der Waals surface area contributed by atoms with E-state index in [-0.39, 0.29) is 50.4 Å². The van der Waals surface area contributed by atoms with Gasteiger partial charge in [0.1, 0.15) is 0 Å². The van der Waals surface area contributed by atoms with Crippen molar-refractivity contribution in [3.63, 3.8) is 0 Å². The molecule has 0 bridgehead atoms. The molecule has 0 rings (SSSR count). The Hall–Kier alpha value is -1.59. The Kier molecular flexibility index (Phi) is 11.1. The topological polar surface area (TPSA) is 78.9 Å². The summed E-state index contributed by atoms with van der Waals surface area (Å²) in [6.07, 6.45) is -0.360. The highest BCUT2D eigenvalue weighted by atomic mass is 16.5. The Morgan fingerprint density at radius 2 is 0.958 bits per heavy atom.